The Hall–Kier alpha value is -3.22. The second kappa shape index (κ2) is 10.2. The number of para-hydroxylation sites is 1. The molecule has 0 fully saturated rings. The number of hydrogen-bond acceptors (Lipinski definition) is 6. The maximum absolute atomic E-state index is 10.4. The van der Waals surface area contributed by atoms with Crippen LogP contribution in [-0.4, -0.2) is 38.7 Å². The van der Waals surface area contributed by atoms with E-state index in [1.807, 2.05) is 91.9 Å². The third-order valence-electron chi connectivity index (χ3n) is 4.84. The molecule has 6 heteroatoms. The van der Waals surface area contributed by atoms with E-state index in [1.54, 1.807) is 0 Å². The average molecular weight is 429 g/mol. The van der Waals surface area contributed by atoms with Crippen LogP contribution in [0.5, 0.6) is 0 Å². The largest absolute Gasteiger partial charge is 0.390 e. The fraction of sp³-hybridized carbons (Fsp3) is 0.160. The SMILES string of the molecule is Cc1ccccc1NCC(O)CSc1nnc(-c2ccccc2)c(-c2ccccc2)n1. The van der Waals surface area contributed by atoms with Gasteiger partial charge in [0.05, 0.1) is 6.10 Å². The zero-order chi connectivity index (χ0) is 21.5. The Bertz CT molecular complexity index is 1120. The minimum atomic E-state index is -0.540. The highest BCUT2D eigenvalue weighted by Gasteiger charge is 2.15. The van der Waals surface area contributed by atoms with Crippen LogP contribution in [-0.2, 0) is 0 Å². The first kappa shape index (κ1) is 21.0. The van der Waals surface area contributed by atoms with Gasteiger partial charge in [0, 0.05) is 29.1 Å². The van der Waals surface area contributed by atoms with E-state index in [4.69, 9.17) is 4.98 Å². The normalized spacial score (nSPS) is 11.8. The lowest BCUT2D eigenvalue weighted by Crippen LogP contribution is -2.22. The van der Waals surface area contributed by atoms with Gasteiger partial charge in [0.25, 0.3) is 0 Å². The fourth-order valence-electron chi connectivity index (χ4n) is 3.19. The molecule has 0 amide bonds. The second-order valence-corrected chi connectivity index (χ2v) is 8.17. The quantitative estimate of drug-likeness (QED) is 0.382. The van der Waals surface area contributed by atoms with Crippen LogP contribution in [0.4, 0.5) is 5.69 Å². The van der Waals surface area contributed by atoms with Gasteiger partial charge in [-0.3, -0.25) is 0 Å². The molecule has 0 saturated heterocycles. The van der Waals surface area contributed by atoms with E-state index in [9.17, 15) is 5.11 Å². The summed E-state index contributed by atoms with van der Waals surface area (Å²) < 4.78 is 0. The first-order valence-electron chi connectivity index (χ1n) is 10.2. The molecule has 31 heavy (non-hydrogen) atoms. The summed E-state index contributed by atoms with van der Waals surface area (Å²) in [5, 5.41) is 23.1. The number of thioether (sulfide) groups is 1. The van der Waals surface area contributed by atoms with Gasteiger partial charge in [-0.2, -0.15) is 0 Å². The molecule has 1 unspecified atom stereocenters. The van der Waals surface area contributed by atoms with Gasteiger partial charge < -0.3 is 10.4 Å². The van der Waals surface area contributed by atoms with Crippen LogP contribution in [0, 0.1) is 6.92 Å². The Morgan fingerprint density at radius 1 is 0.806 bits per heavy atom. The van der Waals surface area contributed by atoms with Crippen molar-refractivity contribution >= 4 is 17.4 Å². The van der Waals surface area contributed by atoms with Gasteiger partial charge in [-0.15, -0.1) is 10.2 Å². The molecule has 0 saturated carbocycles. The maximum Gasteiger partial charge on any atom is 0.209 e. The van der Waals surface area contributed by atoms with Gasteiger partial charge in [-0.25, -0.2) is 4.98 Å². The highest BCUT2D eigenvalue weighted by Crippen LogP contribution is 2.29. The fourth-order valence-corrected chi connectivity index (χ4v) is 3.90. The molecule has 0 radical (unpaired) electrons. The number of nitrogens with zero attached hydrogens (tertiary/aromatic N) is 3. The molecule has 0 bridgehead atoms. The zero-order valence-corrected chi connectivity index (χ0v) is 18.1. The van der Waals surface area contributed by atoms with Crippen molar-refractivity contribution in [2.24, 2.45) is 0 Å². The van der Waals surface area contributed by atoms with Gasteiger partial charge in [-0.1, -0.05) is 90.6 Å². The Balaban J connectivity index is 1.48. The monoisotopic (exact) mass is 428 g/mol. The number of anilines is 1. The van der Waals surface area contributed by atoms with Crippen LogP contribution >= 0.6 is 11.8 Å². The Labute approximate surface area is 186 Å². The van der Waals surface area contributed by atoms with Crippen LogP contribution in [0.1, 0.15) is 5.56 Å². The molecular weight excluding hydrogens is 404 g/mol. The number of nitrogens with one attached hydrogen (secondary N) is 1. The number of aryl methyl sites for hydroxylation is 1. The highest BCUT2D eigenvalue weighted by molar-refractivity contribution is 7.99. The van der Waals surface area contributed by atoms with Crippen molar-refractivity contribution < 1.29 is 5.11 Å². The predicted octanol–water partition coefficient (Wildman–Crippen LogP) is 5.08. The number of hydrogen-bond donors (Lipinski definition) is 2. The molecule has 156 valence electrons. The van der Waals surface area contributed by atoms with Gasteiger partial charge in [-0.05, 0) is 18.6 Å². The lowest BCUT2D eigenvalue weighted by Gasteiger charge is -2.14. The van der Waals surface area contributed by atoms with Crippen LogP contribution in [0.15, 0.2) is 90.1 Å². The molecule has 4 rings (SSSR count). The van der Waals surface area contributed by atoms with Crippen molar-refractivity contribution in [1.82, 2.24) is 15.2 Å². The lowest BCUT2D eigenvalue weighted by molar-refractivity contribution is 0.213. The summed E-state index contributed by atoms with van der Waals surface area (Å²) in [5.41, 5.74) is 5.68. The summed E-state index contributed by atoms with van der Waals surface area (Å²) >= 11 is 1.41. The Kier molecular flexibility index (Phi) is 6.92. The van der Waals surface area contributed by atoms with Crippen molar-refractivity contribution in [1.29, 1.82) is 0 Å². The topological polar surface area (TPSA) is 70.9 Å². The van der Waals surface area contributed by atoms with Gasteiger partial charge in [0.2, 0.25) is 5.16 Å². The minimum Gasteiger partial charge on any atom is -0.390 e. The summed E-state index contributed by atoms with van der Waals surface area (Å²) in [4.78, 5) is 4.78. The van der Waals surface area contributed by atoms with Gasteiger partial charge in [0.1, 0.15) is 11.4 Å². The molecule has 0 spiro atoms. The molecule has 3 aromatic carbocycles. The number of aliphatic hydroxyl groups is 1. The van der Waals surface area contributed by atoms with Gasteiger partial charge in [0.15, 0.2) is 0 Å². The number of aliphatic hydroxyl groups excluding tert-OH is 1. The van der Waals surface area contributed by atoms with Crippen molar-refractivity contribution in [3.05, 3.63) is 90.5 Å². The molecule has 1 atom stereocenters. The Morgan fingerprint density at radius 2 is 1.42 bits per heavy atom. The van der Waals surface area contributed by atoms with E-state index in [0.29, 0.717) is 17.5 Å². The van der Waals surface area contributed by atoms with E-state index in [0.717, 1.165) is 33.8 Å². The summed E-state index contributed by atoms with van der Waals surface area (Å²) in [6.07, 6.45) is -0.540. The first-order chi connectivity index (χ1) is 15.2. The van der Waals surface area contributed by atoms with Crippen molar-refractivity contribution in [3.8, 4) is 22.5 Å². The molecule has 5 nitrogen and oxygen atoms in total. The third kappa shape index (κ3) is 5.48. The Morgan fingerprint density at radius 3 is 2.10 bits per heavy atom. The van der Waals surface area contributed by atoms with E-state index in [2.05, 4.69) is 15.5 Å². The smallest absolute Gasteiger partial charge is 0.209 e. The van der Waals surface area contributed by atoms with E-state index < -0.39 is 6.10 Å². The van der Waals surface area contributed by atoms with Crippen LogP contribution in [0.2, 0.25) is 0 Å². The van der Waals surface area contributed by atoms with Crippen LogP contribution < -0.4 is 5.32 Å². The first-order valence-corrected chi connectivity index (χ1v) is 11.1. The molecule has 0 aliphatic rings. The van der Waals surface area contributed by atoms with Crippen molar-refractivity contribution in [3.63, 3.8) is 0 Å². The van der Waals surface area contributed by atoms with E-state index in [1.165, 1.54) is 11.8 Å². The van der Waals surface area contributed by atoms with Gasteiger partial charge >= 0.3 is 0 Å². The van der Waals surface area contributed by atoms with E-state index in [-0.39, 0.29) is 0 Å². The number of rotatable bonds is 8. The van der Waals surface area contributed by atoms with Crippen molar-refractivity contribution in [2.45, 2.75) is 18.2 Å². The summed E-state index contributed by atoms with van der Waals surface area (Å²) in [6.45, 7) is 2.50. The predicted molar refractivity (Wildman–Crippen MR) is 127 cm³/mol. The average Bonchev–Trinajstić information content (AvgIpc) is 2.83. The number of benzene rings is 3. The molecule has 1 heterocycles. The molecule has 0 aliphatic carbocycles. The zero-order valence-electron chi connectivity index (χ0n) is 17.3. The standard InChI is InChI=1S/C25H24N4OS/c1-18-10-8-9-15-22(18)26-16-21(30)17-31-25-27-23(19-11-4-2-5-12-19)24(28-29-25)20-13-6-3-7-14-20/h2-15,21,26,30H,16-17H2,1H3. The van der Waals surface area contributed by atoms with Crippen molar-refractivity contribution in [2.75, 3.05) is 17.6 Å². The second-order valence-electron chi connectivity index (χ2n) is 7.18. The highest BCUT2D eigenvalue weighted by atomic mass is 32.2. The molecular formula is C25H24N4OS. The lowest BCUT2D eigenvalue weighted by atomic mass is 10.0. The molecule has 1 aromatic heterocycles. The summed E-state index contributed by atoms with van der Waals surface area (Å²) in [5.74, 6) is 0.472. The summed E-state index contributed by atoms with van der Waals surface area (Å²) in [7, 11) is 0. The third-order valence-corrected chi connectivity index (χ3v) is 5.82. The van der Waals surface area contributed by atoms with E-state index >= 15 is 0 Å². The van der Waals surface area contributed by atoms with Crippen LogP contribution in [0.25, 0.3) is 22.5 Å². The summed E-state index contributed by atoms with van der Waals surface area (Å²) in [6, 6.07) is 28.0. The molecule has 2 N–H and O–H groups in total. The number of aromatic nitrogens is 3. The van der Waals surface area contributed by atoms with Crippen LogP contribution in [0.3, 0.4) is 0 Å². The maximum atomic E-state index is 10.4. The molecule has 0 aliphatic heterocycles. The molecule has 4 aromatic rings. The minimum absolute atomic E-state index is 0.457.